The van der Waals surface area contributed by atoms with Gasteiger partial charge in [0, 0.05) is 45.0 Å². The van der Waals surface area contributed by atoms with Gasteiger partial charge in [0.1, 0.15) is 11.0 Å². The Balaban J connectivity index is 1.19. The lowest BCUT2D eigenvalue weighted by Crippen LogP contribution is -2.26. The second-order valence-corrected chi connectivity index (χ2v) is 12.7. The van der Waals surface area contributed by atoms with Crippen molar-refractivity contribution in [3.8, 4) is 32.1 Å². The number of nitrogens with zero attached hydrogens (tertiary/aromatic N) is 4. The summed E-state index contributed by atoms with van der Waals surface area (Å²) in [5.41, 5.74) is 10.6. The van der Waals surface area contributed by atoms with Crippen molar-refractivity contribution < 1.29 is 9.90 Å². The quantitative estimate of drug-likeness (QED) is 0.217. The van der Waals surface area contributed by atoms with Crippen LogP contribution in [0.5, 0.6) is 0 Å². The van der Waals surface area contributed by atoms with Crippen LogP contribution >= 0.6 is 23.1 Å². The van der Waals surface area contributed by atoms with Gasteiger partial charge in [0.05, 0.1) is 27.9 Å². The maximum Gasteiger partial charge on any atom is 0.335 e. The first-order chi connectivity index (χ1) is 20.5. The molecular formula is C34H26N4O2S2. The monoisotopic (exact) mass is 586 g/mol. The lowest BCUT2D eigenvalue weighted by molar-refractivity contribution is 0.0696. The number of carbonyl (C=O) groups is 1. The van der Waals surface area contributed by atoms with Gasteiger partial charge in [0.2, 0.25) is 0 Å². The average molecular weight is 587 g/mol. The zero-order valence-electron chi connectivity index (χ0n) is 22.8. The van der Waals surface area contributed by atoms with E-state index in [1.165, 1.54) is 47.9 Å². The van der Waals surface area contributed by atoms with Gasteiger partial charge in [-0.1, -0.05) is 48.9 Å². The molecule has 1 aliphatic carbocycles. The van der Waals surface area contributed by atoms with Crippen molar-refractivity contribution >= 4 is 51.4 Å². The van der Waals surface area contributed by atoms with E-state index in [0.29, 0.717) is 23.3 Å². The summed E-state index contributed by atoms with van der Waals surface area (Å²) >= 11 is 2.82. The molecule has 6 aromatic rings. The number of thiophene rings is 1. The topological polar surface area (TPSA) is 79.2 Å². The van der Waals surface area contributed by atoms with Gasteiger partial charge in [-0.2, -0.15) is 8.75 Å². The molecule has 1 fully saturated rings. The normalized spacial score (nSPS) is 17.5. The number of pyridine rings is 1. The van der Waals surface area contributed by atoms with Gasteiger partial charge in [-0.05, 0) is 73.4 Å². The highest BCUT2D eigenvalue weighted by molar-refractivity contribution is 7.18. The number of fused-ring (bicyclic) bond motifs is 4. The molecule has 2 unspecified atom stereocenters. The number of aromatic nitrogens is 3. The van der Waals surface area contributed by atoms with Crippen molar-refractivity contribution in [1.82, 2.24) is 13.7 Å². The molecule has 1 aliphatic heterocycles. The van der Waals surface area contributed by atoms with Crippen LogP contribution in [-0.4, -0.2) is 30.8 Å². The Kier molecular flexibility index (Phi) is 5.94. The van der Waals surface area contributed by atoms with Crippen molar-refractivity contribution in [2.45, 2.75) is 38.1 Å². The molecule has 0 spiro atoms. The number of aromatic carboxylic acids is 1. The number of carboxylic acid groups (broad SMARTS) is 1. The second kappa shape index (κ2) is 9.86. The van der Waals surface area contributed by atoms with Crippen LogP contribution in [-0.2, 0) is 0 Å². The maximum absolute atomic E-state index is 11.6. The van der Waals surface area contributed by atoms with Crippen LogP contribution in [0, 0.1) is 6.92 Å². The van der Waals surface area contributed by atoms with Crippen LogP contribution < -0.4 is 4.90 Å². The third kappa shape index (κ3) is 4.05. The molecule has 2 aliphatic rings. The Bertz CT molecular complexity index is 2000. The van der Waals surface area contributed by atoms with Crippen LogP contribution in [0.4, 0.5) is 11.4 Å². The number of aryl methyl sites for hydroxylation is 1. The highest BCUT2D eigenvalue weighted by Gasteiger charge is 2.42. The van der Waals surface area contributed by atoms with E-state index in [4.69, 9.17) is 8.75 Å². The zero-order chi connectivity index (χ0) is 28.4. The van der Waals surface area contributed by atoms with E-state index in [9.17, 15) is 9.90 Å². The Morgan fingerprint density at radius 2 is 1.67 bits per heavy atom. The molecule has 8 heteroatoms. The van der Waals surface area contributed by atoms with Gasteiger partial charge in [-0.25, -0.2) is 4.79 Å². The summed E-state index contributed by atoms with van der Waals surface area (Å²) in [5.74, 6) is -0.369. The van der Waals surface area contributed by atoms with Crippen LogP contribution in [0.25, 0.3) is 43.2 Å². The molecule has 4 heterocycles. The first-order valence-corrected chi connectivity index (χ1v) is 15.7. The molecule has 0 saturated heterocycles. The van der Waals surface area contributed by atoms with Crippen LogP contribution in [0.2, 0.25) is 0 Å². The summed E-state index contributed by atoms with van der Waals surface area (Å²) in [6.07, 6.45) is 3.74. The van der Waals surface area contributed by atoms with E-state index in [0.717, 1.165) is 37.5 Å². The SMILES string of the molecule is Cc1cc(C(=O)O)cc(-c2ccc(-c3ccc(-c4ccc5c(c4)N(c4ccccc4)C4CCCC54)c4nsnc34)s2)n1. The van der Waals surface area contributed by atoms with E-state index >= 15 is 0 Å². The Morgan fingerprint density at radius 3 is 2.50 bits per heavy atom. The molecule has 2 atom stereocenters. The number of hydrogen-bond acceptors (Lipinski definition) is 7. The fourth-order valence-corrected chi connectivity index (χ4v) is 8.35. The van der Waals surface area contributed by atoms with E-state index in [-0.39, 0.29) is 5.56 Å². The van der Waals surface area contributed by atoms with Gasteiger partial charge in [-0.15, -0.1) is 11.3 Å². The molecule has 1 N–H and O–H groups in total. The molecule has 1 saturated carbocycles. The number of carboxylic acids is 1. The average Bonchev–Trinajstić information content (AvgIpc) is 3.81. The highest BCUT2D eigenvalue weighted by atomic mass is 32.1. The highest BCUT2D eigenvalue weighted by Crippen LogP contribution is 2.53. The largest absolute Gasteiger partial charge is 0.478 e. The predicted molar refractivity (Wildman–Crippen MR) is 170 cm³/mol. The summed E-state index contributed by atoms with van der Waals surface area (Å²) in [6.45, 7) is 1.82. The smallest absolute Gasteiger partial charge is 0.335 e. The second-order valence-electron chi connectivity index (χ2n) is 11.1. The third-order valence-electron chi connectivity index (χ3n) is 8.59. The first-order valence-electron chi connectivity index (χ1n) is 14.1. The summed E-state index contributed by atoms with van der Waals surface area (Å²) in [7, 11) is 0. The van der Waals surface area contributed by atoms with Gasteiger partial charge in [0.25, 0.3) is 0 Å². The molecule has 0 amide bonds. The van der Waals surface area contributed by atoms with Crippen molar-refractivity contribution in [2.75, 3.05) is 4.90 Å². The summed E-state index contributed by atoms with van der Waals surface area (Å²) in [5, 5.41) is 9.50. The van der Waals surface area contributed by atoms with E-state index < -0.39 is 5.97 Å². The number of para-hydroxylation sites is 1. The Labute approximate surface area is 251 Å². The van der Waals surface area contributed by atoms with Gasteiger partial charge >= 0.3 is 5.97 Å². The fourth-order valence-electron chi connectivity index (χ4n) is 6.78. The summed E-state index contributed by atoms with van der Waals surface area (Å²) in [6, 6.07) is 29.8. The van der Waals surface area contributed by atoms with Crippen molar-refractivity contribution in [1.29, 1.82) is 0 Å². The number of anilines is 2. The number of hydrogen-bond donors (Lipinski definition) is 1. The maximum atomic E-state index is 11.6. The van der Waals surface area contributed by atoms with Gasteiger partial charge < -0.3 is 10.0 Å². The molecule has 6 nitrogen and oxygen atoms in total. The third-order valence-corrected chi connectivity index (χ3v) is 10.3. The molecule has 8 rings (SSSR count). The minimum Gasteiger partial charge on any atom is -0.478 e. The van der Waals surface area contributed by atoms with E-state index in [1.54, 1.807) is 23.5 Å². The molecule has 42 heavy (non-hydrogen) atoms. The zero-order valence-corrected chi connectivity index (χ0v) is 24.5. The predicted octanol–water partition coefficient (Wildman–Crippen LogP) is 8.94. The van der Waals surface area contributed by atoms with Crippen molar-refractivity contribution in [3.05, 3.63) is 102 Å². The molecule has 0 bridgehead atoms. The van der Waals surface area contributed by atoms with E-state index in [1.807, 2.05) is 13.0 Å². The molecule has 3 aromatic heterocycles. The summed E-state index contributed by atoms with van der Waals surface area (Å²) < 4.78 is 9.49. The minimum atomic E-state index is -0.953. The van der Waals surface area contributed by atoms with E-state index in [2.05, 4.69) is 76.6 Å². The minimum absolute atomic E-state index is 0.242. The first kappa shape index (κ1) is 25.3. The van der Waals surface area contributed by atoms with Gasteiger partial charge in [-0.3, -0.25) is 4.98 Å². The van der Waals surface area contributed by atoms with Crippen molar-refractivity contribution in [3.63, 3.8) is 0 Å². The Morgan fingerprint density at radius 1 is 0.881 bits per heavy atom. The van der Waals surface area contributed by atoms with Crippen molar-refractivity contribution in [2.24, 2.45) is 0 Å². The molecule has 0 radical (unpaired) electrons. The lowest BCUT2D eigenvalue weighted by atomic mass is 9.94. The summed E-state index contributed by atoms with van der Waals surface area (Å²) in [4.78, 5) is 20.7. The molecule has 3 aromatic carbocycles. The van der Waals surface area contributed by atoms with Crippen LogP contribution in [0.1, 0.15) is 46.8 Å². The molecule has 206 valence electrons. The fraction of sp³-hybridized carbons (Fsp3) is 0.176. The van der Waals surface area contributed by atoms with Crippen LogP contribution in [0.3, 0.4) is 0 Å². The number of rotatable bonds is 5. The number of benzene rings is 3. The standard InChI is InChI=1S/C34H26N4O2S2/c1-19-16-21(34(39)40)17-27(35-19)31-15-14-30(41-31)26-13-12-23(32-33(26)37-42-36-32)20-10-11-25-24-8-5-9-28(24)38(29(25)18-20)22-6-3-2-4-7-22/h2-4,6-7,10-18,24,28H,5,8-9H2,1H3,(H,39,40). The molecular weight excluding hydrogens is 561 g/mol. The van der Waals surface area contributed by atoms with Gasteiger partial charge in [0.15, 0.2) is 0 Å². The lowest BCUT2D eigenvalue weighted by Gasteiger charge is -2.27. The van der Waals surface area contributed by atoms with Crippen LogP contribution in [0.15, 0.2) is 84.9 Å². The Hall–Kier alpha value is -4.40.